The maximum absolute atomic E-state index is 4.18. The van der Waals surface area contributed by atoms with Crippen molar-refractivity contribution in [1.82, 2.24) is 14.5 Å². The van der Waals surface area contributed by atoms with Gasteiger partial charge in [0.25, 0.3) is 0 Å². The van der Waals surface area contributed by atoms with Gasteiger partial charge in [0.15, 0.2) is 0 Å². The van der Waals surface area contributed by atoms with E-state index >= 15 is 0 Å². The van der Waals surface area contributed by atoms with Gasteiger partial charge in [-0.25, -0.2) is 4.98 Å². The van der Waals surface area contributed by atoms with Crippen molar-refractivity contribution in [3.8, 4) is 0 Å². The molecule has 0 amide bonds. The van der Waals surface area contributed by atoms with Crippen LogP contribution in [0.25, 0.3) is 0 Å². The van der Waals surface area contributed by atoms with Crippen LogP contribution in [-0.4, -0.2) is 14.5 Å². The first-order chi connectivity index (χ1) is 12.8. The Kier molecular flexibility index (Phi) is 10.1. The molecule has 3 aromatic rings. The molecular formula is C24H35N3. The lowest BCUT2D eigenvalue weighted by Gasteiger charge is -2.01. The second-order valence-electron chi connectivity index (χ2n) is 7.59. The van der Waals surface area contributed by atoms with E-state index in [1.165, 1.54) is 5.56 Å². The average Bonchev–Trinajstić information content (AvgIpc) is 3.11. The highest BCUT2D eigenvalue weighted by molar-refractivity contribution is 5.17. The summed E-state index contributed by atoms with van der Waals surface area (Å²) in [6.45, 7) is 13.0. The molecule has 0 N–H and O–H groups in total. The summed E-state index contributed by atoms with van der Waals surface area (Å²) in [5.41, 5.74) is 3.74. The minimum atomic E-state index is 0.547. The molecule has 0 bridgehead atoms. The monoisotopic (exact) mass is 365 g/mol. The van der Waals surface area contributed by atoms with E-state index in [-0.39, 0.29) is 0 Å². The predicted octanol–water partition coefficient (Wildman–Crippen LogP) is 6.56. The third-order valence-corrected chi connectivity index (χ3v) is 4.06. The summed E-state index contributed by atoms with van der Waals surface area (Å²) < 4.78 is 1.97. The van der Waals surface area contributed by atoms with Crippen LogP contribution in [-0.2, 0) is 7.05 Å². The van der Waals surface area contributed by atoms with Crippen molar-refractivity contribution in [3.63, 3.8) is 0 Å². The van der Waals surface area contributed by atoms with Gasteiger partial charge in [0, 0.05) is 25.1 Å². The second-order valence-corrected chi connectivity index (χ2v) is 7.59. The van der Waals surface area contributed by atoms with Crippen molar-refractivity contribution in [1.29, 1.82) is 0 Å². The summed E-state index contributed by atoms with van der Waals surface area (Å²) in [5, 5.41) is 0. The summed E-state index contributed by atoms with van der Waals surface area (Å²) in [7, 11) is 1.98. The number of imidazole rings is 1. The fourth-order valence-corrected chi connectivity index (χ4v) is 2.29. The number of benzene rings is 1. The lowest BCUT2D eigenvalue weighted by Crippen LogP contribution is -1.88. The fourth-order valence-electron chi connectivity index (χ4n) is 2.29. The first kappa shape index (κ1) is 22.6. The van der Waals surface area contributed by atoms with Crippen LogP contribution in [0.3, 0.4) is 0 Å². The van der Waals surface area contributed by atoms with Crippen LogP contribution < -0.4 is 0 Å². The highest BCUT2D eigenvalue weighted by Crippen LogP contribution is 2.12. The molecular weight excluding hydrogens is 330 g/mol. The lowest BCUT2D eigenvalue weighted by atomic mass is 10.0. The van der Waals surface area contributed by atoms with E-state index in [0.717, 1.165) is 11.4 Å². The SMILES string of the molecule is CC(C)c1ccccc1.CC(C)c1ccccn1.CC(C)c1cn(C)cn1. The van der Waals surface area contributed by atoms with Crippen LogP contribution in [0.1, 0.15) is 76.2 Å². The van der Waals surface area contributed by atoms with Gasteiger partial charge in [0.1, 0.15) is 0 Å². The van der Waals surface area contributed by atoms with E-state index < -0.39 is 0 Å². The van der Waals surface area contributed by atoms with Crippen molar-refractivity contribution < 1.29 is 0 Å². The zero-order chi connectivity index (χ0) is 20.2. The molecule has 0 aliphatic rings. The van der Waals surface area contributed by atoms with Crippen molar-refractivity contribution in [2.45, 2.75) is 59.3 Å². The van der Waals surface area contributed by atoms with Crippen LogP contribution in [0.5, 0.6) is 0 Å². The average molecular weight is 366 g/mol. The van der Waals surface area contributed by atoms with Gasteiger partial charge in [-0.3, -0.25) is 4.98 Å². The van der Waals surface area contributed by atoms with Gasteiger partial charge in [-0.1, -0.05) is 77.9 Å². The highest BCUT2D eigenvalue weighted by atomic mass is 15.0. The van der Waals surface area contributed by atoms with Crippen LogP contribution in [0.4, 0.5) is 0 Å². The van der Waals surface area contributed by atoms with Gasteiger partial charge in [-0.15, -0.1) is 0 Å². The van der Waals surface area contributed by atoms with Crippen LogP contribution in [0.15, 0.2) is 67.3 Å². The molecule has 0 saturated carbocycles. The summed E-state index contributed by atoms with van der Waals surface area (Å²) >= 11 is 0. The molecule has 0 radical (unpaired) electrons. The summed E-state index contributed by atoms with van der Waals surface area (Å²) in [5.74, 6) is 1.75. The second kappa shape index (κ2) is 12.1. The molecule has 0 spiro atoms. The summed E-state index contributed by atoms with van der Waals surface area (Å²) in [6.07, 6.45) is 5.70. The smallest absolute Gasteiger partial charge is 0.0946 e. The molecule has 0 aliphatic heterocycles. The van der Waals surface area contributed by atoms with Gasteiger partial charge in [0.05, 0.1) is 12.0 Å². The number of nitrogens with zero attached hydrogens (tertiary/aromatic N) is 3. The van der Waals surface area contributed by atoms with Gasteiger partial charge < -0.3 is 4.57 Å². The van der Waals surface area contributed by atoms with Gasteiger partial charge in [-0.2, -0.15) is 0 Å². The molecule has 0 aliphatic carbocycles. The van der Waals surface area contributed by atoms with Crippen LogP contribution >= 0.6 is 0 Å². The Morgan fingerprint density at radius 1 is 0.667 bits per heavy atom. The van der Waals surface area contributed by atoms with E-state index in [2.05, 4.69) is 75.8 Å². The van der Waals surface area contributed by atoms with E-state index in [4.69, 9.17) is 0 Å². The Morgan fingerprint density at radius 3 is 1.56 bits per heavy atom. The fraction of sp³-hybridized carbons (Fsp3) is 0.417. The number of hydrogen-bond donors (Lipinski definition) is 0. The molecule has 0 saturated heterocycles. The predicted molar refractivity (Wildman–Crippen MR) is 116 cm³/mol. The third-order valence-electron chi connectivity index (χ3n) is 4.06. The van der Waals surface area contributed by atoms with E-state index in [1.807, 2.05) is 54.6 Å². The molecule has 2 heterocycles. The lowest BCUT2D eigenvalue weighted by molar-refractivity contribution is 0.823. The molecule has 2 aromatic heterocycles. The van der Waals surface area contributed by atoms with Gasteiger partial charge in [0.2, 0.25) is 0 Å². The van der Waals surface area contributed by atoms with Crippen LogP contribution in [0, 0.1) is 0 Å². The molecule has 3 nitrogen and oxygen atoms in total. The Bertz CT molecular complexity index is 685. The summed E-state index contributed by atoms with van der Waals surface area (Å²) in [4.78, 5) is 8.36. The molecule has 3 rings (SSSR count). The van der Waals surface area contributed by atoms with Crippen molar-refractivity contribution in [2.24, 2.45) is 7.05 Å². The third kappa shape index (κ3) is 9.18. The molecule has 146 valence electrons. The van der Waals surface area contributed by atoms with Crippen molar-refractivity contribution in [2.75, 3.05) is 0 Å². The normalized spacial score (nSPS) is 10.3. The van der Waals surface area contributed by atoms with E-state index in [1.54, 1.807) is 0 Å². The maximum atomic E-state index is 4.18. The Morgan fingerprint density at radius 2 is 1.26 bits per heavy atom. The van der Waals surface area contributed by atoms with Crippen LogP contribution in [0.2, 0.25) is 0 Å². The molecule has 0 atom stereocenters. The zero-order valence-electron chi connectivity index (χ0n) is 17.9. The molecule has 1 aromatic carbocycles. The molecule has 0 fully saturated rings. The first-order valence-corrected chi connectivity index (χ1v) is 9.75. The maximum Gasteiger partial charge on any atom is 0.0946 e. The number of aryl methyl sites for hydroxylation is 1. The quantitative estimate of drug-likeness (QED) is 0.526. The first-order valence-electron chi connectivity index (χ1n) is 9.75. The van der Waals surface area contributed by atoms with Gasteiger partial charge >= 0.3 is 0 Å². The molecule has 3 heteroatoms. The Hall–Kier alpha value is -2.42. The molecule has 0 unspecified atom stereocenters. The topological polar surface area (TPSA) is 30.7 Å². The van der Waals surface area contributed by atoms with Crippen molar-refractivity contribution in [3.05, 3.63) is 84.2 Å². The Labute approximate surface area is 165 Å². The van der Waals surface area contributed by atoms with E-state index in [9.17, 15) is 0 Å². The summed E-state index contributed by atoms with van der Waals surface area (Å²) in [6, 6.07) is 16.5. The number of hydrogen-bond acceptors (Lipinski definition) is 2. The minimum absolute atomic E-state index is 0.547. The minimum Gasteiger partial charge on any atom is -0.340 e. The highest BCUT2D eigenvalue weighted by Gasteiger charge is 1.99. The largest absolute Gasteiger partial charge is 0.340 e. The zero-order valence-corrected chi connectivity index (χ0v) is 17.9. The standard InChI is InChI=1S/C9H12.C8H11N.C7H12N2/c1-8(2)9-6-4-3-5-7-9;1-7(2)8-5-3-4-6-9-8;1-6(2)7-4-9(3)5-8-7/h3-8H,1-2H3;3-7H,1-2H3;4-6H,1-3H3. The number of aromatic nitrogens is 3. The van der Waals surface area contributed by atoms with Crippen molar-refractivity contribution >= 4 is 0 Å². The van der Waals surface area contributed by atoms with E-state index in [0.29, 0.717) is 17.8 Å². The number of rotatable bonds is 3. The number of pyridine rings is 1. The Balaban J connectivity index is 0.000000202. The van der Waals surface area contributed by atoms with Gasteiger partial charge in [-0.05, 0) is 35.4 Å². The molecule has 27 heavy (non-hydrogen) atoms.